The van der Waals surface area contributed by atoms with Gasteiger partial charge in [-0.15, -0.1) is 0 Å². The molecular weight excluding hydrogens is 208 g/mol. The molecule has 2 aromatic heterocycles. The van der Waals surface area contributed by atoms with Crippen molar-refractivity contribution in [2.45, 2.75) is 0 Å². The lowest BCUT2D eigenvalue weighted by molar-refractivity contribution is 1.42. The van der Waals surface area contributed by atoms with Gasteiger partial charge in [-0.3, -0.25) is 4.98 Å². The molecule has 0 saturated heterocycles. The smallest absolute Gasteiger partial charge is 0.0949 e. The van der Waals surface area contributed by atoms with Crippen LogP contribution in [0.15, 0.2) is 54.9 Å². The number of H-pyrrole nitrogens is 1. The van der Waals surface area contributed by atoms with Crippen molar-refractivity contribution < 1.29 is 0 Å². The molecule has 4 aromatic rings. The first-order valence-corrected chi connectivity index (χ1v) is 5.67. The van der Waals surface area contributed by atoms with Gasteiger partial charge in [-0.2, -0.15) is 0 Å². The molecule has 2 heteroatoms. The van der Waals surface area contributed by atoms with Crippen LogP contribution in [0.3, 0.4) is 0 Å². The molecule has 2 nitrogen and oxygen atoms in total. The van der Waals surface area contributed by atoms with Crippen LogP contribution in [0.25, 0.3) is 32.6 Å². The van der Waals surface area contributed by atoms with E-state index >= 15 is 0 Å². The molecule has 0 unspecified atom stereocenters. The molecule has 0 fully saturated rings. The quantitative estimate of drug-likeness (QED) is 0.446. The number of benzene rings is 2. The molecule has 17 heavy (non-hydrogen) atoms. The van der Waals surface area contributed by atoms with Crippen LogP contribution in [0.4, 0.5) is 0 Å². The van der Waals surface area contributed by atoms with Crippen molar-refractivity contribution in [1.82, 2.24) is 9.97 Å². The van der Waals surface area contributed by atoms with Crippen LogP contribution in [0, 0.1) is 0 Å². The summed E-state index contributed by atoms with van der Waals surface area (Å²) in [5.74, 6) is 0. The van der Waals surface area contributed by atoms with Gasteiger partial charge < -0.3 is 4.98 Å². The van der Waals surface area contributed by atoms with Gasteiger partial charge in [0.15, 0.2) is 0 Å². The highest BCUT2D eigenvalue weighted by Crippen LogP contribution is 2.28. The number of rotatable bonds is 0. The average molecular weight is 218 g/mol. The summed E-state index contributed by atoms with van der Waals surface area (Å²) in [5, 5.41) is 4.86. The molecule has 0 radical (unpaired) electrons. The van der Waals surface area contributed by atoms with Crippen LogP contribution >= 0.6 is 0 Å². The summed E-state index contributed by atoms with van der Waals surface area (Å²) in [6.45, 7) is 0. The van der Waals surface area contributed by atoms with Gasteiger partial charge in [-0.1, -0.05) is 36.4 Å². The third-order valence-corrected chi connectivity index (χ3v) is 3.28. The van der Waals surface area contributed by atoms with Crippen molar-refractivity contribution in [3.8, 4) is 0 Å². The summed E-state index contributed by atoms with van der Waals surface area (Å²) < 4.78 is 0. The fourth-order valence-electron chi connectivity index (χ4n) is 2.45. The van der Waals surface area contributed by atoms with Crippen LogP contribution in [-0.4, -0.2) is 9.97 Å². The summed E-state index contributed by atoms with van der Waals surface area (Å²) >= 11 is 0. The van der Waals surface area contributed by atoms with E-state index in [0.29, 0.717) is 0 Å². The maximum absolute atomic E-state index is 4.58. The lowest BCUT2D eigenvalue weighted by Gasteiger charge is -2.03. The summed E-state index contributed by atoms with van der Waals surface area (Å²) in [6, 6.07) is 14.7. The topological polar surface area (TPSA) is 28.7 Å². The van der Waals surface area contributed by atoms with E-state index < -0.39 is 0 Å². The molecule has 80 valence electrons. The van der Waals surface area contributed by atoms with Crippen molar-refractivity contribution in [3.05, 3.63) is 54.9 Å². The minimum Gasteiger partial charge on any atom is -0.359 e. The summed E-state index contributed by atoms with van der Waals surface area (Å²) in [4.78, 5) is 7.84. The third-order valence-electron chi connectivity index (χ3n) is 3.28. The van der Waals surface area contributed by atoms with Crippen LogP contribution in [-0.2, 0) is 0 Å². The standard InChI is InChI=1S/C15H10N2/c1-2-4-12-11(3-1)9-17-15-13(12)6-5-10-7-8-16-14(10)15/h1-9,16H. The highest BCUT2D eigenvalue weighted by atomic mass is 14.7. The molecule has 2 aromatic carbocycles. The molecule has 0 aliphatic rings. The minimum absolute atomic E-state index is 1.05. The number of nitrogens with zero attached hydrogens (tertiary/aromatic N) is 1. The predicted octanol–water partition coefficient (Wildman–Crippen LogP) is 3.87. The van der Waals surface area contributed by atoms with Crippen molar-refractivity contribution in [2.75, 3.05) is 0 Å². The van der Waals surface area contributed by atoms with Crippen molar-refractivity contribution >= 4 is 32.6 Å². The number of aromatic amines is 1. The first-order valence-electron chi connectivity index (χ1n) is 5.67. The molecule has 0 aliphatic heterocycles. The molecule has 1 N–H and O–H groups in total. The van der Waals surface area contributed by atoms with E-state index in [0.717, 1.165) is 11.0 Å². The molecule has 0 amide bonds. The van der Waals surface area contributed by atoms with Crippen LogP contribution in [0.1, 0.15) is 0 Å². The van der Waals surface area contributed by atoms with E-state index in [-0.39, 0.29) is 0 Å². The highest BCUT2D eigenvalue weighted by molar-refractivity contribution is 6.13. The van der Waals surface area contributed by atoms with Gasteiger partial charge in [-0.05, 0) is 11.5 Å². The zero-order valence-electron chi connectivity index (χ0n) is 9.14. The molecular formula is C15H10N2. The first kappa shape index (κ1) is 8.76. The molecule has 0 aliphatic carbocycles. The van der Waals surface area contributed by atoms with Crippen molar-refractivity contribution in [3.63, 3.8) is 0 Å². The monoisotopic (exact) mass is 218 g/mol. The summed E-state index contributed by atoms with van der Waals surface area (Å²) in [6.07, 6.45) is 3.90. The maximum atomic E-state index is 4.58. The second-order valence-electron chi connectivity index (χ2n) is 4.25. The maximum Gasteiger partial charge on any atom is 0.0949 e. The molecule has 2 heterocycles. The lowest BCUT2D eigenvalue weighted by atomic mass is 10.1. The molecule has 0 saturated carbocycles. The fourth-order valence-corrected chi connectivity index (χ4v) is 2.45. The highest BCUT2D eigenvalue weighted by Gasteiger charge is 2.05. The van der Waals surface area contributed by atoms with Gasteiger partial charge in [0.25, 0.3) is 0 Å². The number of fused-ring (bicyclic) bond motifs is 5. The number of hydrogen-bond donors (Lipinski definition) is 1. The second kappa shape index (κ2) is 3.08. The Morgan fingerprint density at radius 1 is 0.824 bits per heavy atom. The molecule has 0 atom stereocenters. The van der Waals surface area contributed by atoms with Crippen molar-refractivity contribution in [2.24, 2.45) is 0 Å². The van der Waals surface area contributed by atoms with Gasteiger partial charge in [0.05, 0.1) is 11.0 Å². The zero-order chi connectivity index (χ0) is 11.2. The number of pyridine rings is 1. The molecule has 0 spiro atoms. The normalized spacial score (nSPS) is 11.5. The Morgan fingerprint density at radius 2 is 1.76 bits per heavy atom. The Balaban J connectivity index is 2.34. The van der Waals surface area contributed by atoms with Crippen molar-refractivity contribution in [1.29, 1.82) is 0 Å². The van der Waals surface area contributed by atoms with Crippen LogP contribution in [0.5, 0.6) is 0 Å². The van der Waals surface area contributed by atoms with E-state index in [2.05, 4.69) is 46.4 Å². The van der Waals surface area contributed by atoms with Gasteiger partial charge in [0, 0.05) is 28.6 Å². The summed E-state index contributed by atoms with van der Waals surface area (Å²) in [5.41, 5.74) is 2.17. The van der Waals surface area contributed by atoms with Gasteiger partial charge >= 0.3 is 0 Å². The zero-order valence-corrected chi connectivity index (χ0v) is 9.14. The lowest BCUT2D eigenvalue weighted by Crippen LogP contribution is -1.83. The second-order valence-corrected chi connectivity index (χ2v) is 4.25. The Labute approximate surface area is 97.9 Å². The SMILES string of the molecule is c1ccc2c(c1)cnc1c2ccc2cc[nH]c21. The minimum atomic E-state index is 1.05. The third kappa shape index (κ3) is 1.12. The number of hydrogen-bond acceptors (Lipinski definition) is 1. The van der Waals surface area contributed by atoms with E-state index in [1.807, 2.05) is 18.5 Å². The Morgan fingerprint density at radius 3 is 2.76 bits per heavy atom. The van der Waals surface area contributed by atoms with E-state index in [9.17, 15) is 0 Å². The Hall–Kier alpha value is -2.35. The van der Waals surface area contributed by atoms with Crippen LogP contribution < -0.4 is 0 Å². The fraction of sp³-hybridized carbons (Fsp3) is 0. The number of aromatic nitrogens is 2. The van der Waals surface area contributed by atoms with E-state index in [4.69, 9.17) is 0 Å². The van der Waals surface area contributed by atoms with Gasteiger partial charge in [0.1, 0.15) is 0 Å². The number of nitrogens with one attached hydrogen (secondary N) is 1. The Bertz CT molecular complexity index is 843. The largest absolute Gasteiger partial charge is 0.359 e. The molecule has 0 bridgehead atoms. The van der Waals surface area contributed by atoms with Gasteiger partial charge in [-0.25, -0.2) is 0 Å². The van der Waals surface area contributed by atoms with E-state index in [1.165, 1.54) is 21.5 Å². The average Bonchev–Trinajstić information content (AvgIpc) is 2.86. The Kier molecular flexibility index (Phi) is 1.59. The van der Waals surface area contributed by atoms with Gasteiger partial charge in [0.2, 0.25) is 0 Å². The molecule has 4 rings (SSSR count). The summed E-state index contributed by atoms with van der Waals surface area (Å²) in [7, 11) is 0. The predicted molar refractivity (Wildman–Crippen MR) is 71.1 cm³/mol. The van der Waals surface area contributed by atoms with E-state index in [1.54, 1.807) is 0 Å². The first-order chi connectivity index (χ1) is 8.43. The van der Waals surface area contributed by atoms with Crippen LogP contribution in [0.2, 0.25) is 0 Å².